The molecule has 5 nitrogen and oxygen atoms in total. The van der Waals surface area contributed by atoms with Crippen LogP contribution in [0.1, 0.15) is 12.5 Å². The molecular formula is C10H18N4OS. The summed E-state index contributed by atoms with van der Waals surface area (Å²) in [6.45, 7) is 3.94. The van der Waals surface area contributed by atoms with Crippen molar-refractivity contribution < 1.29 is 4.21 Å². The van der Waals surface area contributed by atoms with E-state index < -0.39 is 10.8 Å². The highest BCUT2D eigenvalue weighted by molar-refractivity contribution is 7.84. The molecule has 90 valence electrons. The number of aromatic nitrogens is 2. The van der Waals surface area contributed by atoms with Crippen molar-refractivity contribution in [3.05, 3.63) is 11.9 Å². The van der Waals surface area contributed by atoms with E-state index in [0.717, 1.165) is 17.2 Å². The van der Waals surface area contributed by atoms with Gasteiger partial charge in [-0.1, -0.05) is 0 Å². The molecule has 0 spiro atoms. The van der Waals surface area contributed by atoms with Crippen molar-refractivity contribution in [2.24, 2.45) is 0 Å². The minimum absolute atomic E-state index is 0.129. The molecule has 2 unspecified atom stereocenters. The summed E-state index contributed by atoms with van der Waals surface area (Å²) in [4.78, 5) is 8.28. The van der Waals surface area contributed by atoms with Crippen LogP contribution in [0.2, 0.25) is 0 Å². The van der Waals surface area contributed by atoms with Gasteiger partial charge in [-0.05, 0) is 13.8 Å². The fourth-order valence-corrected chi connectivity index (χ4v) is 2.26. The van der Waals surface area contributed by atoms with E-state index in [2.05, 4.69) is 20.6 Å². The van der Waals surface area contributed by atoms with E-state index in [-0.39, 0.29) is 6.04 Å². The van der Waals surface area contributed by atoms with Gasteiger partial charge in [-0.25, -0.2) is 9.97 Å². The molecule has 0 saturated carbocycles. The summed E-state index contributed by atoms with van der Waals surface area (Å²) >= 11 is 0. The molecule has 0 aliphatic carbocycles. The molecule has 1 rings (SSSR count). The monoisotopic (exact) mass is 242 g/mol. The van der Waals surface area contributed by atoms with E-state index in [1.165, 1.54) is 6.33 Å². The molecule has 1 heterocycles. The van der Waals surface area contributed by atoms with E-state index in [1.54, 1.807) is 6.26 Å². The van der Waals surface area contributed by atoms with E-state index in [4.69, 9.17) is 0 Å². The molecule has 16 heavy (non-hydrogen) atoms. The molecule has 6 heteroatoms. The fraction of sp³-hybridized carbons (Fsp3) is 0.600. The summed E-state index contributed by atoms with van der Waals surface area (Å²) in [5.74, 6) is 2.21. The van der Waals surface area contributed by atoms with Crippen LogP contribution < -0.4 is 10.6 Å². The summed E-state index contributed by atoms with van der Waals surface area (Å²) in [5.41, 5.74) is 0.971. The smallest absolute Gasteiger partial charge is 0.134 e. The van der Waals surface area contributed by atoms with Crippen LogP contribution in [0.15, 0.2) is 6.33 Å². The van der Waals surface area contributed by atoms with Crippen molar-refractivity contribution in [3.63, 3.8) is 0 Å². The van der Waals surface area contributed by atoms with Gasteiger partial charge in [0.2, 0.25) is 0 Å². The van der Waals surface area contributed by atoms with Crippen LogP contribution in [0, 0.1) is 6.92 Å². The first-order chi connectivity index (χ1) is 7.54. The molecule has 1 aromatic heterocycles. The molecule has 1 aromatic rings. The Balaban J connectivity index is 2.77. The molecule has 0 radical (unpaired) electrons. The van der Waals surface area contributed by atoms with Crippen LogP contribution in [0.3, 0.4) is 0 Å². The van der Waals surface area contributed by atoms with Crippen molar-refractivity contribution in [2.45, 2.75) is 19.9 Å². The third-order valence-corrected chi connectivity index (χ3v) is 3.16. The molecule has 0 aliphatic rings. The van der Waals surface area contributed by atoms with Crippen LogP contribution in [-0.4, -0.2) is 39.3 Å². The number of hydrogen-bond acceptors (Lipinski definition) is 5. The molecule has 0 bridgehead atoms. The van der Waals surface area contributed by atoms with E-state index in [1.807, 2.05) is 20.9 Å². The van der Waals surface area contributed by atoms with Gasteiger partial charge in [0.1, 0.15) is 18.0 Å². The maximum Gasteiger partial charge on any atom is 0.134 e. The zero-order chi connectivity index (χ0) is 12.1. The lowest BCUT2D eigenvalue weighted by molar-refractivity contribution is 0.682. The first-order valence-electron chi connectivity index (χ1n) is 5.10. The topological polar surface area (TPSA) is 66.9 Å². The predicted molar refractivity (Wildman–Crippen MR) is 68.3 cm³/mol. The van der Waals surface area contributed by atoms with Gasteiger partial charge in [0.05, 0.1) is 0 Å². The Morgan fingerprint density at radius 3 is 2.62 bits per heavy atom. The molecule has 0 saturated heterocycles. The zero-order valence-corrected chi connectivity index (χ0v) is 10.9. The zero-order valence-electron chi connectivity index (χ0n) is 10.1. The lowest BCUT2D eigenvalue weighted by Gasteiger charge is -2.15. The second-order valence-corrected chi connectivity index (χ2v) is 5.21. The summed E-state index contributed by atoms with van der Waals surface area (Å²) < 4.78 is 11.1. The van der Waals surface area contributed by atoms with E-state index in [0.29, 0.717) is 5.75 Å². The highest BCUT2D eigenvalue weighted by Gasteiger charge is 2.09. The molecule has 0 aromatic carbocycles. The summed E-state index contributed by atoms with van der Waals surface area (Å²) in [5, 5.41) is 6.23. The fourth-order valence-electron chi connectivity index (χ4n) is 1.47. The van der Waals surface area contributed by atoms with Crippen LogP contribution in [0.4, 0.5) is 11.6 Å². The summed E-state index contributed by atoms with van der Waals surface area (Å²) in [6, 6.07) is 0.129. The van der Waals surface area contributed by atoms with Crippen molar-refractivity contribution in [1.29, 1.82) is 0 Å². The largest absolute Gasteiger partial charge is 0.373 e. The van der Waals surface area contributed by atoms with Gasteiger partial charge in [-0.15, -0.1) is 0 Å². The molecule has 2 atom stereocenters. The number of rotatable bonds is 5. The molecule has 0 aliphatic heterocycles. The average Bonchev–Trinajstić information content (AvgIpc) is 2.20. The van der Waals surface area contributed by atoms with Crippen molar-refractivity contribution in [3.8, 4) is 0 Å². The van der Waals surface area contributed by atoms with Crippen LogP contribution in [0.5, 0.6) is 0 Å². The Bertz CT molecular complexity index is 383. The van der Waals surface area contributed by atoms with Crippen molar-refractivity contribution in [1.82, 2.24) is 9.97 Å². The second-order valence-electron chi connectivity index (χ2n) is 3.73. The van der Waals surface area contributed by atoms with Gasteiger partial charge in [0.15, 0.2) is 0 Å². The number of anilines is 2. The Morgan fingerprint density at radius 1 is 1.44 bits per heavy atom. The van der Waals surface area contributed by atoms with Crippen molar-refractivity contribution in [2.75, 3.05) is 29.7 Å². The Hall–Kier alpha value is -1.17. The first kappa shape index (κ1) is 12.9. The number of nitrogens with one attached hydrogen (secondary N) is 2. The maximum atomic E-state index is 11.1. The van der Waals surface area contributed by atoms with Gasteiger partial charge in [0, 0.05) is 41.5 Å². The van der Waals surface area contributed by atoms with Crippen LogP contribution in [0.25, 0.3) is 0 Å². The van der Waals surface area contributed by atoms with E-state index >= 15 is 0 Å². The minimum atomic E-state index is -0.805. The Morgan fingerprint density at radius 2 is 2.06 bits per heavy atom. The van der Waals surface area contributed by atoms with Gasteiger partial charge < -0.3 is 10.6 Å². The predicted octanol–water partition coefficient (Wildman–Crippen LogP) is 1.01. The highest BCUT2D eigenvalue weighted by Crippen LogP contribution is 2.18. The highest BCUT2D eigenvalue weighted by atomic mass is 32.2. The standard InChI is InChI=1S/C10H18N4OS/c1-7(5-16(4)15)14-10-8(2)9(11-3)12-6-13-10/h6-7H,5H2,1-4H3,(H2,11,12,13,14). The van der Waals surface area contributed by atoms with Gasteiger partial charge in [0.25, 0.3) is 0 Å². The molecular weight excluding hydrogens is 224 g/mol. The lowest BCUT2D eigenvalue weighted by atomic mass is 10.3. The third kappa shape index (κ3) is 3.44. The SMILES string of the molecule is CNc1ncnc(NC(C)CS(C)=O)c1C. The van der Waals surface area contributed by atoms with Gasteiger partial charge in [-0.3, -0.25) is 4.21 Å². The van der Waals surface area contributed by atoms with Crippen LogP contribution >= 0.6 is 0 Å². The number of hydrogen-bond donors (Lipinski definition) is 2. The average molecular weight is 242 g/mol. The third-order valence-electron chi connectivity index (χ3n) is 2.19. The minimum Gasteiger partial charge on any atom is -0.373 e. The summed E-state index contributed by atoms with van der Waals surface area (Å²) in [6.07, 6.45) is 3.21. The van der Waals surface area contributed by atoms with E-state index in [9.17, 15) is 4.21 Å². The lowest BCUT2D eigenvalue weighted by Crippen LogP contribution is -2.23. The second kappa shape index (κ2) is 5.79. The van der Waals surface area contributed by atoms with Crippen LogP contribution in [-0.2, 0) is 10.8 Å². The molecule has 0 amide bonds. The first-order valence-corrected chi connectivity index (χ1v) is 6.83. The number of nitrogens with zero attached hydrogens (tertiary/aromatic N) is 2. The Labute approximate surface area is 98.5 Å². The van der Waals surface area contributed by atoms with Gasteiger partial charge >= 0.3 is 0 Å². The Kier molecular flexibility index (Phi) is 4.67. The molecule has 0 fully saturated rings. The maximum absolute atomic E-state index is 11.1. The van der Waals surface area contributed by atoms with Gasteiger partial charge in [-0.2, -0.15) is 0 Å². The van der Waals surface area contributed by atoms with Crippen molar-refractivity contribution >= 4 is 22.4 Å². The quantitative estimate of drug-likeness (QED) is 0.806. The normalized spacial score (nSPS) is 14.2. The summed E-state index contributed by atoms with van der Waals surface area (Å²) in [7, 11) is 1.02. The molecule has 2 N–H and O–H groups in total.